The molecule has 2 aromatic carbocycles. The highest BCUT2D eigenvalue weighted by atomic mass is 35.5. The third kappa shape index (κ3) is 3.44. The Balaban J connectivity index is 2.15. The first-order chi connectivity index (χ1) is 10.0. The van der Waals surface area contributed by atoms with E-state index in [1.54, 1.807) is 18.2 Å². The van der Waals surface area contributed by atoms with E-state index in [1.165, 1.54) is 25.3 Å². The lowest BCUT2D eigenvalue weighted by Crippen LogP contribution is -2.08. The monoisotopic (exact) mass is 309 g/mol. The van der Waals surface area contributed by atoms with Gasteiger partial charge in [-0.3, -0.25) is 0 Å². The molecule has 0 saturated heterocycles. The van der Waals surface area contributed by atoms with Crippen molar-refractivity contribution in [3.8, 4) is 5.75 Å². The van der Waals surface area contributed by atoms with Crippen LogP contribution in [0, 0.1) is 5.82 Å². The number of benzene rings is 2. The van der Waals surface area contributed by atoms with Crippen molar-refractivity contribution >= 4 is 23.3 Å². The Morgan fingerprint density at radius 3 is 2.81 bits per heavy atom. The molecule has 21 heavy (non-hydrogen) atoms. The van der Waals surface area contributed by atoms with Gasteiger partial charge in [0.05, 0.1) is 12.1 Å². The van der Waals surface area contributed by atoms with Gasteiger partial charge in [0.2, 0.25) is 0 Å². The SMILES string of the molecule is COc1ccc(N)cc1C(=O)OCc1cccc(F)c1Cl. The van der Waals surface area contributed by atoms with E-state index in [4.69, 9.17) is 26.8 Å². The van der Waals surface area contributed by atoms with Gasteiger partial charge in [-0.05, 0) is 24.3 Å². The number of ether oxygens (including phenoxy) is 2. The van der Waals surface area contributed by atoms with Crippen LogP contribution in [0.5, 0.6) is 5.75 Å². The summed E-state index contributed by atoms with van der Waals surface area (Å²) in [5.41, 5.74) is 6.63. The highest BCUT2D eigenvalue weighted by Crippen LogP contribution is 2.24. The van der Waals surface area contributed by atoms with Crippen LogP contribution in [0.25, 0.3) is 0 Å². The van der Waals surface area contributed by atoms with E-state index in [-0.39, 0.29) is 17.2 Å². The molecule has 2 rings (SSSR count). The quantitative estimate of drug-likeness (QED) is 0.694. The van der Waals surface area contributed by atoms with Crippen molar-refractivity contribution < 1.29 is 18.7 Å². The first kappa shape index (κ1) is 15.1. The first-order valence-corrected chi connectivity index (χ1v) is 6.44. The van der Waals surface area contributed by atoms with Gasteiger partial charge >= 0.3 is 5.97 Å². The van der Waals surface area contributed by atoms with Gasteiger partial charge in [-0.15, -0.1) is 0 Å². The fraction of sp³-hybridized carbons (Fsp3) is 0.133. The Morgan fingerprint density at radius 2 is 2.10 bits per heavy atom. The normalized spacial score (nSPS) is 10.2. The summed E-state index contributed by atoms with van der Waals surface area (Å²) < 4.78 is 23.5. The number of nitrogen functional groups attached to an aromatic ring is 1. The lowest BCUT2D eigenvalue weighted by Gasteiger charge is -2.10. The van der Waals surface area contributed by atoms with E-state index in [0.29, 0.717) is 17.0 Å². The average Bonchev–Trinajstić information content (AvgIpc) is 2.48. The topological polar surface area (TPSA) is 61.5 Å². The standard InChI is InChI=1S/C15H13ClFNO3/c1-20-13-6-5-10(18)7-11(13)15(19)21-8-9-3-2-4-12(17)14(9)16/h2-7H,8,18H2,1H3. The Morgan fingerprint density at radius 1 is 1.33 bits per heavy atom. The molecule has 6 heteroatoms. The summed E-state index contributed by atoms with van der Waals surface area (Å²) in [4.78, 5) is 12.1. The van der Waals surface area contributed by atoms with Gasteiger partial charge in [-0.25, -0.2) is 9.18 Å². The van der Waals surface area contributed by atoms with Gasteiger partial charge < -0.3 is 15.2 Å². The zero-order valence-corrected chi connectivity index (χ0v) is 12.0. The number of carbonyl (C=O) groups is 1. The molecule has 110 valence electrons. The highest BCUT2D eigenvalue weighted by Gasteiger charge is 2.15. The molecule has 0 atom stereocenters. The number of hydrogen-bond acceptors (Lipinski definition) is 4. The summed E-state index contributed by atoms with van der Waals surface area (Å²) in [6.07, 6.45) is 0. The molecular weight excluding hydrogens is 297 g/mol. The zero-order valence-electron chi connectivity index (χ0n) is 11.2. The number of hydrogen-bond donors (Lipinski definition) is 1. The van der Waals surface area contributed by atoms with Crippen molar-refractivity contribution in [1.29, 1.82) is 0 Å². The molecule has 0 aromatic heterocycles. The number of anilines is 1. The van der Waals surface area contributed by atoms with Crippen LogP contribution in [0.2, 0.25) is 5.02 Å². The van der Waals surface area contributed by atoms with Gasteiger partial charge in [0.25, 0.3) is 0 Å². The first-order valence-electron chi connectivity index (χ1n) is 6.06. The van der Waals surface area contributed by atoms with Crippen LogP contribution in [0.1, 0.15) is 15.9 Å². The Labute approximate surface area is 126 Å². The molecule has 0 amide bonds. The summed E-state index contributed by atoms with van der Waals surface area (Å²) in [7, 11) is 1.44. The van der Waals surface area contributed by atoms with Gasteiger partial charge in [-0.2, -0.15) is 0 Å². The Kier molecular flexibility index (Phi) is 4.65. The van der Waals surface area contributed by atoms with Crippen LogP contribution in [0.4, 0.5) is 10.1 Å². The molecule has 0 heterocycles. The fourth-order valence-electron chi connectivity index (χ4n) is 1.77. The van der Waals surface area contributed by atoms with Gasteiger partial charge in [0.15, 0.2) is 0 Å². The summed E-state index contributed by atoms with van der Waals surface area (Å²) in [5.74, 6) is -0.842. The number of esters is 1. The minimum Gasteiger partial charge on any atom is -0.496 e. The van der Waals surface area contributed by atoms with Crippen molar-refractivity contribution in [2.45, 2.75) is 6.61 Å². The third-order valence-electron chi connectivity index (χ3n) is 2.83. The third-order valence-corrected chi connectivity index (χ3v) is 3.26. The maximum Gasteiger partial charge on any atom is 0.342 e. The van der Waals surface area contributed by atoms with E-state index < -0.39 is 11.8 Å². The lowest BCUT2D eigenvalue weighted by atomic mass is 10.2. The summed E-state index contributed by atoms with van der Waals surface area (Å²) in [6.45, 7) is -0.145. The van der Waals surface area contributed by atoms with Crippen LogP contribution >= 0.6 is 11.6 Å². The number of rotatable bonds is 4. The summed E-state index contributed by atoms with van der Waals surface area (Å²) >= 11 is 5.80. The zero-order chi connectivity index (χ0) is 15.4. The van der Waals surface area contributed by atoms with E-state index in [1.807, 2.05) is 0 Å². The summed E-state index contributed by atoms with van der Waals surface area (Å²) in [5, 5.41) is -0.0650. The molecule has 0 spiro atoms. The number of nitrogens with two attached hydrogens (primary N) is 1. The largest absolute Gasteiger partial charge is 0.496 e. The van der Waals surface area contributed by atoms with Crippen LogP contribution in [0.3, 0.4) is 0 Å². The molecule has 2 aromatic rings. The van der Waals surface area contributed by atoms with Gasteiger partial charge in [0.1, 0.15) is 23.7 Å². The molecule has 0 aliphatic heterocycles. The predicted molar refractivity (Wildman–Crippen MR) is 77.9 cm³/mol. The highest BCUT2D eigenvalue weighted by molar-refractivity contribution is 6.31. The van der Waals surface area contributed by atoms with Gasteiger partial charge in [-0.1, -0.05) is 23.7 Å². The molecular formula is C15H13ClFNO3. The molecule has 0 aliphatic carbocycles. The molecule has 0 fully saturated rings. The van der Waals surface area contributed by atoms with Gasteiger partial charge in [0, 0.05) is 11.3 Å². The molecule has 2 N–H and O–H groups in total. The van der Waals surface area contributed by atoms with E-state index >= 15 is 0 Å². The number of halogens is 2. The molecule has 4 nitrogen and oxygen atoms in total. The predicted octanol–water partition coefficient (Wildman–Crippen LogP) is 3.43. The second-order valence-corrected chi connectivity index (χ2v) is 4.63. The van der Waals surface area contributed by atoms with Crippen molar-refractivity contribution in [3.05, 3.63) is 58.4 Å². The van der Waals surface area contributed by atoms with Crippen LogP contribution < -0.4 is 10.5 Å². The number of carbonyl (C=O) groups excluding carboxylic acids is 1. The molecule has 0 unspecified atom stereocenters. The lowest BCUT2D eigenvalue weighted by molar-refractivity contribution is 0.0469. The fourth-order valence-corrected chi connectivity index (χ4v) is 1.95. The van der Waals surface area contributed by atoms with Crippen molar-refractivity contribution in [3.63, 3.8) is 0 Å². The van der Waals surface area contributed by atoms with Crippen LogP contribution in [-0.4, -0.2) is 13.1 Å². The van der Waals surface area contributed by atoms with Crippen molar-refractivity contribution in [1.82, 2.24) is 0 Å². The Hall–Kier alpha value is -2.27. The molecule has 0 radical (unpaired) electrons. The average molecular weight is 310 g/mol. The minimum absolute atomic E-state index is 0.0650. The van der Waals surface area contributed by atoms with Crippen LogP contribution in [0.15, 0.2) is 36.4 Å². The smallest absolute Gasteiger partial charge is 0.342 e. The second-order valence-electron chi connectivity index (χ2n) is 4.25. The maximum absolute atomic E-state index is 13.3. The molecule has 0 aliphatic rings. The Bertz CT molecular complexity index is 676. The van der Waals surface area contributed by atoms with Crippen molar-refractivity contribution in [2.24, 2.45) is 0 Å². The maximum atomic E-state index is 13.3. The van der Waals surface area contributed by atoms with Crippen LogP contribution in [-0.2, 0) is 11.3 Å². The molecule has 0 bridgehead atoms. The van der Waals surface area contributed by atoms with E-state index in [0.717, 1.165) is 0 Å². The number of methoxy groups -OCH3 is 1. The second kappa shape index (κ2) is 6.45. The molecule has 0 saturated carbocycles. The van der Waals surface area contributed by atoms with Crippen molar-refractivity contribution in [2.75, 3.05) is 12.8 Å². The summed E-state index contributed by atoms with van der Waals surface area (Å²) in [6, 6.07) is 8.93. The van der Waals surface area contributed by atoms with E-state index in [9.17, 15) is 9.18 Å². The van der Waals surface area contributed by atoms with E-state index in [2.05, 4.69) is 0 Å². The minimum atomic E-state index is -0.625.